The molecule has 0 saturated carbocycles. The van der Waals surface area contributed by atoms with Crippen molar-refractivity contribution in [1.29, 1.82) is 0 Å². The monoisotopic (exact) mass is 297 g/mol. The van der Waals surface area contributed by atoms with Crippen molar-refractivity contribution in [3.05, 3.63) is 30.3 Å². The summed E-state index contributed by atoms with van der Waals surface area (Å²) in [5.41, 5.74) is 0. The van der Waals surface area contributed by atoms with E-state index in [0.29, 0.717) is 0 Å². The third-order valence-electron chi connectivity index (χ3n) is 3.07. The summed E-state index contributed by atoms with van der Waals surface area (Å²) < 4.78 is 68.1. The highest BCUT2D eigenvalue weighted by Gasteiger charge is 2.68. The van der Waals surface area contributed by atoms with Gasteiger partial charge in [0.25, 0.3) is 0 Å². The highest BCUT2D eigenvalue weighted by molar-refractivity contribution is 6.88. The summed E-state index contributed by atoms with van der Waals surface area (Å²) in [6.45, 7) is 3.07. The second kappa shape index (κ2) is 6.00. The van der Waals surface area contributed by atoms with Gasteiger partial charge < -0.3 is 0 Å². The van der Waals surface area contributed by atoms with Gasteiger partial charge in [-0.05, 0) is 18.3 Å². The molecule has 0 aliphatic heterocycles. The molecule has 0 aliphatic rings. The Morgan fingerprint density at radius 3 is 1.95 bits per heavy atom. The fourth-order valence-electron chi connectivity index (χ4n) is 1.91. The minimum absolute atomic E-state index is 0.0270. The maximum Gasteiger partial charge on any atom is 0.443 e. The second-order valence-electron chi connectivity index (χ2n) is 4.13. The zero-order valence-corrected chi connectivity index (χ0v) is 11.7. The molecule has 1 aromatic rings. The topological polar surface area (TPSA) is 3.24 Å². The first-order valence-corrected chi connectivity index (χ1v) is 7.93. The number of hydrogen-bond donors (Lipinski definition) is 0. The van der Waals surface area contributed by atoms with Crippen molar-refractivity contribution in [1.82, 2.24) is 4.90 Å². The van der Waals surface area contributed by atoms with Crippen molar-refractivity contribution in [2.45, 2.75) is 25.6 Å². The number of halogens is 5. The van der Waals surface area contributed by atoms with Crippen LogP contribution in [0.25, 0.3) is 0 Å². The van der Waals surface area contributed by atoms with E-state index in [-0.39, 0.29) is 13.1 Å². The Bertz CT molecular complexity index is 393. The maximum absolute atomic E-state index is 14.6. The summed E-state index contributed by atoms with van der Waals surface area (Å²) in [7, 11) is -5.78. The molecular formula is C12H16F5NSi. The van der Waals surface area contributed by atoms with Gasteiger partial charge in [0, 0.05) is 0 Å². The van der Waals surface area contributed by atoms with E-state index in [0.717, 1.165) is 17.0 Å². The highest BCUT2D eigenvalue weighted by Crippen LogP contribution is 2.35. The van der Waals surface area contributed by atoms with Gasteiger partial charge in [-0.2, -0.15) is 13.2 Å². The van der Waals surface area contributed by atoms with Gasteiger partial charge in [-0.3, -0.25) is 9.01 Å². The smallest absolute Gasteiger partial charge is 0.292 e. The molecule has 0 saturated heterocycles. The summed E-state index contributed by atoms with van der Waals surface area (Å²) in [6, 6.07) is 6.07. The lowest BCUT2D eigenvalue weighted by Crippen LogP contribution is -2.68. The summed E-state index contributed by atoms with van der Waals surface area (Å²) in [6.07, 6.45) is 0. The summed E-state index contributed by atoms with van der Waals surface area (Å²) in [5.74, 6) is -7.82. The van der Waals surface area contributed by atoms with Crippen LogP contribution in [0.4, 0.5) is 21.7 Å². The zero-order chi connectivity index (χ0) is 14.7. The predicted octanol–water partition coefficient (Wildman–Crippen LogP) is 3.09. The fraction of sp³-hybridized carbons (Fsp3) is 0.500. The molecule has 0 amide bonds. The molecule has 0 N–H and O–H groups in total. The van der Waals surface area contributed by atoms with Crippen LogP contribution in [0.3, 0.4) is 0 Å². The minimum Gasteiger partial charge on any atom is -0.292 e. The molecule has 0 heterocycles. The van der Waals surface area contributed by atoms with Gasteiger partial charge in [0.05, 0.1) is 0 Å². The molecule has 7 heteroatoms. The van der Waals surface area contributed by atoms with E-state index in [4.69, 9.17) is 0 Å². The molecule has 1 unspecified atom stereocenters. The first kappa shape index (κ1) is 16.1. The van der Waals surface area contributed by atoms with E-state index in [1.54, 1.807) is 0 Å². The minimum atomic E-state index is -5.78. The Labute approximate surface area is 110 Å². The maximum atomic E-state index is 14.6. The first-order valence-electron chi connectivity index (χ1n) is 5.98. The average molecular weight is 297 g/mol. The van der Waals surface area contributed by atoms with Crippen LogP contribution >= 0.6 is 0 Å². The van der Waals surface area contributed by atoms with Gasteiger partial charge in [-0.15, -0.1) is 0 Å². The van der Waals surface area contributed by atoms with E-state index in [1.165, 1.54) is 32.0 Å². The van der Waals surface area contributed by atoms with Crippen molar-refractivity contribution >= 4 is 13.6 Å². The second-order valence-corrected chi connectivity index (χ2v) is 7.18. The molecule has 0 bridgehead atoms. The SMILES string of the molecule is CCN(CC)[C@@H](F)[Si](F)(c1ccccc1)C(F)(F)F. The van der Waals surface area contributed by atoms with Gasteiger partial charge in [-0.25, -0.2) is 4.39 Å². The number of rotatable bonds is 5. The van der Waals surface area contributed by atoms with Crippen LogP contribution in [-0.4, -0.2) is 38.1 Å². The van der Waals surface area contributed by atoms with Crippen molar-refractivity contribution < 1.29 is 21.7 Å². The van der Waals surface area contributed by atoms with Crippen LogP contribution < -0.4 is 5.19 Å². The molecule has 1 aromatic carbocycles. The first-order chi connectivity index (χ1) is 8.79. The molecule has 0 aliphatic carbocycles. The Morgan fingerprint density at radius 2 is 1.58 bits per heavy atom. The predicted molar refractivity (Wildman–Crippen MR) is 66.8 cm³/mol. The van der Waals surface area contributed by atoms with E-state index < -0.39 is 25.3 Å². The summed E-state index contributed by atoms with van der Waals surface area (Å²) in [4.78, 5) is 0.868. The van der Waals surface area contributed by atoms with Crippen molar-refractivity contribution in [3.63, 3.8) is 0 Å². The third-order valence-corrected chi connectivity index (χ3v) is 6.09. The third kappa shape index (κ3) is 2.97. The molecule has 0 aromatic heterocycles. The Morgan fingerprint density at radius 1 is 1.11 bits per heavy atom. The molecule has 0 spiro atoms. The summed E-state index contributed by atoms with van der Waals surface area (Å²) in [5, 5.41) is -0.582. The molecule has 0 fully saturated rings. The lowest BCUT2D eigenvalue weighted by molar-refractivity contribution is -0.0723. The Balaban J connectivity index is 3.29. The Kier molecular flexibility index (Phi) is 5.09. The normalized spacial score (nSPS) is 17.3. The molecular weight excluding hydrogens is 281 g/mol. The summed E-state index contributed by atoms with van der Waals surface area (Å²) >= 11 is 0. The largest absolute Gasteiger partial charge is 0.443 e. The molecule has 1 rings (SSSR count). The van der Waals surface area contributed by atoms with Gasteiger partial charge >= 0.3 is 14.2 Å². The van der Waals surface area contributed by atoms with E-state index in [1.807, 2.05) is 0 Å². The van der Waals surface area contributed by atoms with Gasteiger partial charge in [0.1, 0.15) is 0 Å². The molecule has 1 nitrogen and oxygen atoms in total. The fourth-order valence-corrected chi connectivity index (χ4v) is 4.33. The van der Waals surface area contributed by atoms with E-state index in [9.17, 15) is 21.7 Å². The Hall–Kier alpha value is -0.953. The van der Waals surface area contributed by atoms with Gasteiger partial charge in [0.15, 0.2) is 5.92 Å². The van der Waals surface area contributed by atoms with Crippen LogP contribution in [-0.2, 0) is 0 Å². The van der Waals surface area contributed by atoms with Crippen molar-refractivity contribution in [2.75, 3.05) is 13.1 Å². The number of hydrogen-bond acceptors (Lipinski definition) is 1. The zero-order valence-electron chi connectivity index (χ0n) is 10.7. The molecule has 0 radical (unpaired) electrons. The van der Waals surface area contributed by atoms with Crippen LogP contribution in [0, 0.1) is 0 Å². The van der Waals surface area contributed by atoms with Crippen molar-refractivity contribution in [3.8, 4) is 0 Å². The van der Waals surface area contributed by atoms with Crippen LogP contribution in [0.15, 0.2) is 30.3 Å². The number of nitrogens with zero attached hydrogens (tertiary/aromatic N) is 1. The molecule has 19 heavy (non-hydrogen) atoms. The van der Waals surface area contributed by atoms with Gasteiger partial charge in [0.2, 0.25) is 0 Å². The lowest BCUT2D eigenvalue weighted by Gasteiger charge is -2.34. The van der Waals surface area contributed by atoms with Gasteiger partial charge in [-0.1, -0.05) is 44.2 Å². The highest BCUT2D eigenvalue weighted by atomic mass is 28.4. The van der Waals surface area contributed by atoms with Crippen LogP contribution in [0.1, 0.15) is 13.8 Å². The standard InChI is InChI=1S/C12H16F5NSi/c1-3-18(4-2)11(13)19(17,12(14,15)16)10-8-6-5-7-9-10/h5-9,11H,3-4H2,1-2H3/t11-,19?/m1/s1. The van der Waals surface area contributed by atoms with Crippen LogP contribution in [0.5, 0.6) is 0 Å². The van der Waals surface area contributed by atoms with Crippen LogP contribution in [0.2, 0.25) is 0 Å². The average Bonchev–Trinajstić information content (AvgIpc) is 2.38. The number of alkyl halides is 4. The molecule has 108 valence electrons. The molecule has 2 atom stereocenters. The van der Waals surface area contributed by atoms with E-state index in [2.05, 4.69) is 0 Å². The quantitative estimate of drug-likeness (QED) is 0.349. The number of benzene rings is 1. The van der Waals surface area contributed by atoms with Crippen molar-refractivity contribution in [2.24, 2.45) is 0 Å². The van der Waals surface area contributed by atoms with E-state index >= 15 is 0 Å². The lowest BCUT2D eigenvalue weighted by atomic mass is 10.4.